The first-order chi connectivity index (χ1) is 8.77. The van der Waals surface area contributed by atoms with Gasteiger partial charge in [-0.3, -0.25) is 9.78 Å². The van der Waals surface area contributed by atoms with Crippen LogP contribution >= 0.6 is 0 Å². The molecule has 88 valence electrons. The monoisotopic (exact) mass is 236 g/mol. The highest BCUT2D eigenvalue weighted by Crippen LogP contribution is 2.36. The lowest BCUT2D eigenvalue weighted by Crippen LogP contribution is -2.05. The molecule has 18 heavy (non-hydrogen) atoms. The molecule has 2 aromatic rings. The molecule has 1 amide bonds. The Hall–Kier alpha value is -2.42. The molecule has 0 atom stereocenters. The van der Waals surface area contributed by atoms with Crippen LogP contribution in [0.15, 0.2) is 48.8 Å². The van der Waals surface area contributed by atoms with Gasteiger partial charge in [-0.1, -0.05) is 18.2 Å². The minimum absolute atomic E-state index is 0.0366. The van der Waals surface area contributed by atoms with Crippen molar-refractivity contribution in [3.63, 3.8) is 0 Å². The number of carbonyl (C=O) groups excluding carboxylic acids is 1. The zero-order chi connectivity index (χ0) is 12.5. The van der Waals surface area contributed by atoms with Gasteiger partial charge in [-0.25, -0.2) is 0 Å². The summed E-state index contributed by atoms with van der Waals surface area (Å²) in [6.45, 7) is 1.96. The van der Waals surface area contributed by atoms with E-state index in [0.29, 0.717) is 0 Å². The first kappa shape index (κ1) is 10.7. The van der Waals surface area contributed by atoms with Gasteiger partial charge >= 0.3 is 0 Å². The van der Waals surface area contributed by atoms with Gasteiger partial charge in [-0.05, 0) is 36.3 Å². The summed E-state index contributed by atoms with van der Waals surface area (Å²) >= 11 is 0. The minimum atomic E-state index is -0.0366. The van der Waals surface area contributed by atoms with E-state index >= 15 is 0 Å². The molecule has 1 aromatic carbocycles. The van der Waals surface area contributed by atoms with Crippen LogP contribution in [0.3, 0.4) is 0 Å². The van der Waals surface area contributed by atoms with E-state index in [2.05, 4.69) is 10.3 Å². The van der Waals surface area contributed by atoms with Gasteiger partial charge in [0.2, 0.25) is 0 Å². The number of hydrogen-bond donors (Lipinski definition) is 1. The molecular formula is C15H12N2O. The number of nitrogens with zero attached hydrogens (tertiary/aromatic N) is 1. The molecule has 3 heteroatoms. The third kappa shape index (κ3) is 1.61. The molecule has 1 aliphatic heterocycles. The molecule has 0 unspecified atom stereocenters. The van der Waals surface area contributed by atoms with E-state index in [0.717, 1.165) is 28.0 Å². The highest BCUT2D eigenvalue weighted by atomic mass is 16.2. The van der Waals surface area contributed by atoms with E-state index in [9.17, 15) is 4.79 Å². The maximum absolute atomic E-state index is 12.1. The number of nitrogens with one attached hydrogen (secondary N) is 1. The van der Waals surface area contributed by atoms with Crippen molar-refractivity contribution in [2.75, 3.05) is 5.32 Å². The van der Waals surface area contributed by atoms with Gasteiger partial charge in [0, 0.05) is 23.6 Å². The molecule has 0 fully saturated rings. The lowest BCUT2D eigenvalue weighted by molar-refractivity contribution is -0.110. The van der Waals surface area contributed by atoms with Crippen molar-refractivity contribution in [1.29, 1.82) is 0 Å². The highest BCUT2D eigenvalue weighted by molar-refractivity contribution is 6.36. The molecule has 0 bridgehead atoms. The number of anilines is 1. The molecule has 3 rings (SSSR count). The Labute approximate surface area is 105 Å². The van der Waals surface area contributed by atoms with Gasteiger partial charge in [-0.15, -0.1) is 0 Å². The van der Waals surface area contributed by atoms with Gasteiger partial charge < -0.3 is 5.32 Å². The quantitative estimate of drug-likeness (QED) is 0.773. The molecule has 1 aromatic heterocycles. The number of benzene rings is 1. The molecule has 0 aliphatic carbocycles. The fourth-order valence-electron chi connectivity index (χ4n) is 2.24. The van der Waals surface area contributed by atoms with Crippen molar-refractivity contribution < 1.29 is 4.79 Å². The third-order valence-electron chi connectivity index (χ3n) is 3.16. The second kappa shape index (κ2) is 4.11. The average Bonchev–Trinajstić information content (AvgIpc) is 2.75. The maximum atomic E-state index is 12.1. The van der Waals surface area contributed by atoms with Gasteiger partial charge in [0.15, 0.2) is 0 Å². The van der Waals surface area contributed by atoms with Crippen LogP contribution in [0.25, 0.3) is 11.1 Å². The van der Waals surface area contributed by atoms with Gasteiger partial charge in [0.1, 0.15) is 0 Å². The fraction of sp³-hybridized carbons (Fsp3) is 0.0667. The van der Waals surface area contributed by atoms with E-state index in [1.54, 1.807) is 12.4 Å². The smallest absolute Gasteiger partial charge is 0.256 e. The van der Waals surface area contributed by atoms with E-state index in [-0.39, 0.29) is 5.91 Å². The lowest BCUT2D eigenvalue weighted by atomic mass is 9.97. The normalized spacial score (nSPS) is 16.2. The number of carbonyl (C=O) groups is 1. The zero-order valence-electron chi connectivity index (χ0n) is 9.97. The fourth-order valence-corrected chi connectivity index (χ4v) is 2.24. The van der Waals surface area contributed by atoms with Crippen molar-refractivity contribution in [3.05, 3.63) is 59.9 Å². The van der Waals surface area contributed by atoms with Crippen LogP contribution in [0, 0.1) is 0 Å². The Bertz CT molecular complexity index is 645. The summed E-state index contributed by atoms with van der Waals surface area (Å²) < 4.78 is 0. The Kier molecular flexibility index (Phi) is 2.45. The molecule has 1 aliphatic rings. The van der Waals surface area contributed by atoms with Crippen LogP contribution in [0.4, 0.5) is 5.69 Å². The molecule has 0 radical (unpaired) electrons. The Morgan fingerprint density at radius 3 is 2.61 bits per heavy atom. The summed E-state index contributed by atoms with van der Waals surface area (Å²) in [6.07, 6.45) is 3.47. The number of aromatic nitrogens is 1. The predicted octanol–water partition coefficient (Wildman–Crippen LogP) is 2.96. The van der Waals surface area contributed by atoms with E-state index in [1.165, 1.54) is 0 Å². The van der Waals surface area contributed by atoms with Crippen LogP contribution < -0.4 is 5.32 Å². The second-order valence-corrected chi connectivity index (χ2v) is 4.24. The zero-order valence-corrected chi connectivity index (χ0v) is 9.97. The number of allylic oxidation sites excluding steroid dienone is 1. The molecule has 2 heterocycles. The number of rotatable bonds is 1. The minimum Gasteiger partial charge on any atom is -0.321 e. The van der Waals surface area contributed by atoms with Crippen LogP contribution in [-0.4, -0.2) is 10.9 Å². The van der Waals surface area contributed by atoms with Gasteiger partial charge in [-0.2, -0.15) is 0 Å². The van der Waals surface area contributed by atoms with E-state index < -0.39 is 0 Å². The molecular weight excluding hydrogens is 224 g/mol. The molecule has 0 saturated carbocycles. The number of hydrogen-bond acceptors (Lipinski definition) is 2. The van der Waals surface area contributed by atoms with Crippen LogP contribution in [0.5, 0.6) is 0 Å². The van der Waals surface area contributed by atoms with Crippen molar-refractivity contribution >= 4 is 22.7 Å². The third-order valence-corrected chi connectivity index (χ3v) is 3.16. The summed E-state index contributed by atoms with van der Waals surface area (Å²) in [6, 6.07) is 11.6. The van der Waals surface area contributed by atoms with Crippen LogP contribution in [0.1, 0.15) is 18.1 Å². The number of pyridine rings is 1. The molecule has 0 spiro atoms. The molecule has 1 N–H and O–H groups in total. The largest absolute Gasteiger partial charge is 0.321 e. The summed E-state index contributed by atoms with van der Waals surface area (Å²) in [5.41, 5.74) is 4.59. The molecule has 0 saturated heterocycles. The highest BCUT2D eigenvalue weighted by Gasteiger charge is 2.25. The Balaban J connectivity index is 2.20. The van der Waals surface area contributed by atoms with Crippen LogP contribution in [0.2, 0.25) is 0 Å². The number of amides is 1. The van der Waals surface area contributed by atoms with Crippen molar-refractivity contribution in [1.82, 2.24) is 4.98 Å². The lowest BCUT2D eigenvalue weighted by Gasteiger charge is -2.05. The summed E-state index contributed by atoms with van der Waals surface area (Å²) in [7, 11) is 0. The van der Waals surface area contributed by atoms with Crippen LogP contribution in [-0.2, 0) is 4.79 Å². The van der Waals surface area contributed by atoms with Gasteiger partial charge in [0.05, 0.1) is 5.57 Å². The van der Waals surface area contributed by atoms with Gasteiger partial charge in [0.25, 0.3) is 5.91 Å². The van der Waals surface area contributed by atoms with E-state index in [1.807, 2.05) is 43.3 Å². The average molecular weight is 236 g/mol. The maximum Gasteiger partial charge on any atom is 0.256 e. The predicted molar refractivity (Wildman–Crippen MR) is 71.8 cm³/mol. The summed E-state index contributed by atoms with van der Waals surface area (Å²) in [5.74, 6) is -0.0366. The Morgan fingerprint density at radius 2 is 1.83 bits per heavy atom. The SMILES string of the molecule is C/C(=C1\C(=O)Nc2ccccc21)c1ccncc1. The standard InChI is InChI=1S/C15H12N2O/c1-10(11-6-8-16-9-7-11)14-12-4-2-3-5-13(12)17-15(14)18/h2-9H,1H3,(H,17,18)/b14-10+. The number of para-hydroxylation sites is 1. The Morgan fingerprint density at radius 1 is 1.11 bits per heavy atom. The topological polar surface area (TPSA) is 42.0 Å². The van der Waals surface area contributed by atoms with E-state index in [4.69, 9.17) is 0 Å². The van der Waals surface area contributed by atoms with Crippen molar-refractivity contribution in [2.45, 2.75) is 6.92 Å². The van der Waals surface area contributed by atoms with Crippen molar-refractivity contribution in [2.24, 2.45) is 0 Å². The first-order valence-electron chi connectivity index (χ1n) is 5.79. The van der Waals surface area contributed by atoms with Crippen molar-refractivity contribution in [3.8, 4) is 0 Å². The second-order valence-electron chi connectivity index (χ2n) is 4.24. The summed E-state index contributed by atoms with van der Waals surface area (Å²) in [4.78, 5) is 16.1. The molecule has 3 nitrogen and oxygen atoms in total. The number of fused-ring (bicyclic) bond motifs is 1. The first-order valence-corrected chi connectivity index (χ1v) is 5.79. The summed E-state index contributed by atoms with van der Waals surface area (Å²) in [5, 5.41) is 2.89.